The Morgan fingerprint density at radius 2 is 2.05 bits per heavy atom. The number of aromatic nitrogens is 3. The SMILES string of the molecule is CN(CCc1ccccn1)c1nc2ccccn2c1CBr. The van der Waals surface area contributed by atoms with E-state index in [2.05, 4.69) is 49.5 Å². The van der Waals surface area contributed by atoms with Crippen molar-refractivity contribution in [2.75, 3.05) is 18.5 Å². The van der Waals surface area contributed by atoms with Crippen LogP contribution in [0.3, 0.4) is 0 Å². The fourth-order valence-corrected chi connectivity index (χ4v) is 2.92. The van der Waals surface area contributed by atoms with Crippen LogP contribution in [0.4, 0.5) is 5.82 Å². The molecule has 0 aliphatic heterocycles. The molecule has 0 atom stereocenters. The molecule has 0 N–H and O–H groups in total. The second-order valence-electron chi connectivity index (χ2n) is 4.94. The zero-order valence-electron chi connectivity index (χ0n) is 11.9. The van der Waals surface area contributed by atoms with Gasteiger partial charge in [-0.1, -0.05) is 28.1 Å². The minimum atomic E-state index is 0.779. The van der Waals surface area contributed by atoms with Gasteiger partial charge >= 0.3 is 0 Å². The molecule has 3 heterocycles. The highest BCUT2D eigenvalue weighted by molar-refractivity contribution is 9.08. The van der Waals surface area contributed by atoms with Crippen LogP contribution < -0.4 is 4.90 Å². The minimum Gasteiger partial charge on any atom is -0.358 e. The summed E-state index contributed by atoms with van der Waals surface area (Å²) >= 11 is 3.57. The Hall–Kier alpha value is -1.88. The van der Waals surface area contributed by atoms with E-state index in [0.29, 0.717) is 0 Å². The molecule has 5 heteroatoms. The molecule has 3 aromatic rings. The number of likely N-dealkylation sites (N-methyl/N-ethyl adjacent to an activating group) is 1. The first kappa shape index (κ1) is 14.1. The largest absolute Gasteiger partial charge is 0.358 e. The number of pyridine rings is 2. The second kappa shape index (κ2) is 6.26. The molecule has 0 aliphatic rings. The summed E-state index contributed by atoms with van der Waals surface area (Å²) in [6, 6.07) is 12.1. The van der Waals surface area contributed by atoms with Crippen molar-refractivity contribution in [3.8, 4) is 0 Å². The molecule has 3 aromatic heterocycles. The number of imidazole rings is 1. The van der Waals surface area contributed by atoms with E-state index < -0.39 is 0 Å². The standard InChI is InChI=1S/C16H17BrN4/c1-20(11-8-13-6-2-4-9-18-13)16-14(12-17)21-10-5-3-7-15(21)19-16/h2-7,9-10H,8,11-12H2,1H3. The smallest absolute Gasteiger partial charge is 0.151 e. The van der Waals surface area contributed by atoms with Crippen molar-refractivity contribution < 1.29 is 0 Å². The Labute approximate surface area is 132 Å². The summed E-state index contributed by atoms with van der Waals surface area (Å²) in [6.45, 7) is 0.890. The Bertz CT molecular complexity index is 723. The third-order valence-corrected chi connectivity index (χ3v) is 4.06. The number of nitrogens with zero attached hydrogens (tertiary/aromatic N) is 4. The van der Waals surface area contributed by atoms with Gasteiger partial charge in [0, 0.05) is 43.4 Å². The van der Waals surface area contributed by atoms with Crippen LogP contribution in [0.5, 0.6) is 0 Å². The highest BCUT2D eigenvalue weighted by Crippen LogP contribution is 2.23. The van der Waals surface area contributed by atoms with Crippen LogP contribution in [0.2, 0.25) is 0 Å². The van der Waals surface area contributed by atoms with Gasteiger partial charge in [-0.05, 0) is 24.3 Å². The summed E-state index contributed by atoms with van der Waals surface area (Å²) in [7, 11) is 2.08. The van der Waals surface area contributed by atoms with Crippen molar-refractivity contribution >= 4 is 27.4 Å². The predicted octanol–water partition coefficient (Wildman–Crippen LogP) is 3.30. The molecule has 0 bridgehead atoms. The molecule has 0 spiro atoms. The van der Waals surface area contributed by atoms with Crippen LogP contribution in [0.25, 0.3) is 5.65 Å². The molecule has 21 heavy (non-hydrogen) atoms. The van der Waals surface area contributed by atoms with Gasteiger partial charge in [-0.15, -0.1) is 0 Å². The minimum absolute atomic E-state index is 0.779. The molecule has 0 radical (unpaired) electrons. The summed E-state index contributed by atoms with van der Waals surface area (Å²) < 4.78 is 2.13. The van der Waals surface area contributed by atoms with Gasteiger partial charge < -0.3 is 9.30 Å². The summed E-state index contributed by atoms with van der Waals surface area (Å²) in [5, 5.41) is 0.779. The number of rotatable bonds is 5. The number of alkyl halides is 1. The molecule has 0 aliphatic carbocycles. The van der Waals surface area contributed by atoms with Crippen LogP contribution >= 0.6 is 15.9 Å². The quantitative estimate of drug-likeness (QED) is 0.666. The van der Waals surface area contributed by atoms with Crippen LogP contribution in [-0.4, -0.2) is 28.0 Å². The summed E-state index contributed by atoms with van der Waals surface area (Å²) in [4.78, 5) is 11.3. The lowest BCUT2D eigenvalue weighted by atomic mass is 10.2. The van der Waals surface area contributed by atoms with Crippen molar-refractivity contribution in [1.82, 2.24) is 14.4 Å². The first-order chi connectivity index (χ1) is 10.3. The maximum Gasteiger partial charge on any atom is 0.151 e. The van der Waals surface area contributed by atoms with E-state index in [1.165, 1.54) is 5.69 Å². The van der Waals surface area contributed by atoms with Crippen LogP contribution in [-0.2, 0) is 11.8 Å². The fourth-order valence-electron chi connectivity index (χ4n) is 2.40. The monoisotopic (exact) mass is 344 g/mol. The number of fused-ring (bicyclic) bond motifs is 1. The van der Waals surface area contributed by atoms with Crippen molar-refractivity contribution in [2.45, 2.75) is 11.8 Å². The summed E-state index contributed by atoms with van der Waals surface area (Å²) in [5.74, 6) is 1.02. The van der Waals surface area contributed by atoms with E-state index in [1.807, 2.05) is 36.5 Å². The van der Waals surface area contributed by atoms with Crippen molar-refractivity contribution in [3.05, 3.63) is 60.2 Å². The average molecular weight is 345 g/mol. The third kappa shape index (κ3) is 2.93. The molecule has 3 rings (SSSR count). The molecule has 108 valence electrons. The highest BCUT2D eigenvalue weighted by atomic mass is 79.9. The Morgan fingerprint density at radius 3 is 2.81 bits per heavy atom. The molecule has 0 saturated carbocycles. The van der Waals surface area contributed by atoms with E-state index in [1.54, 1.807) is 0 Å². The van der Waals surface area contributed by atoms with E-state index in [4.69, 9.17) is 4.98 Å². The molecule has 0 aromatic carbocycles. The molecular formula is C16H17BrN4. The highest BCUT2D eigenvalue weighted by Gasteiger charge is 2.14. The Morgan fingerprint density at radius 1 is 1.19 bits per heavy atom. The van der Waals surface area contributed by atoms with Crippen LogP contribution in [0.15, 0.2) is 48.8 Å². The number of hydrogen-bond acceptors (Lipinski definition) is 3. The van der Waals surface area contributed by atoms with Crippen molar-refractivity contribution in [3.63, 3.8) is 0 Å². The lowest BCUT2D eigenvalue weighted by Gasteiger charge is -2.17. The van der Waals surface area contributed by atoms with E-state index >= 15 is 0 Å². The fraction of sp³-hybridized carbons (Fsp3) is 0.250. The molecule has 0 unspecified atom stereocenters. The van der Waals surface area contributed by atoms with Gasteiger partial charge in [0.2, 0.25) is 0 Å². The van der Waals surface area contributed by atoms with Gasteiger partial charge in [-0.2, -0.15) is 0 Å². The Kier molecular flexibility index (Phi) is 4.20. The maximum atomic E-state index is 4.73. The summed E-state index contributed by atoms with van der Waals surface area (Å²) in [5.41, 5.74) is 3.26. The first-order valence-electron chi connectivity index (χ1n) is 6.92. The van der Waals surface area contributed by atoms with E-state index in [0.717, 1.165) is 35.5 Å². The normalized spacial score (nSPS) is 11.0. The number of hydrogen-bond donors (Lipinski definition) is 0. The lowest BCUT2D eigenvalue weighted by molar-refractivity contribution is 0.838. The lowest BCUT2D eigenvalue weighted by Crippen LogP contribution is -2.22. The predicted molar refractivity (Wildman–Crippen MR) is 89.0 cm³/mol. The molecular weight excluding hydrogens is 328 g/mol. The molecule has 0 saturated heterocycles. The third-order valence-electron chi connectivity index (χ3n) is 3.53. The average Bonchev–Trinajstić information content (AvgIpc) is 2.92. The van der Waals surface area contributed by atoms with Gasteiger partial charge in [-0.3, -0.25) is 4.98 Å². The number of halogens is 1. The molecule has 0 fully saturated rings. The number of anilines is 1. The van der Waals surface area contributed by atoms with Crippen LogP contribution in [0.1, 0.15) is 11.4 Å². The Balaban J connectivity index is 1.82. The summed E-state index contributed by atoms with van der Waals surface area (Å²) in [6.07, 6.45) is 4.80. The van der Waals surface area contributed by atoms with Crippen molar-refractivity contribution in [2.24, 2.45) is 0 Å². The molecule has 4 nitrogen and oxygen atoms in total. The topological polar surface area (TPSA) is 33.4 Å². The first-order valence-corrected chi connectivity index (χ1v) is 8.04. The van der Waals surface area contributed by atoms with E-state index in [9.17, 15) is 0 Å². The van der Waals surface area contributed by atoms with Gasteiger partial charge in [0.25, 0.3) is 0 Å². The molecule has 0 amide bonds. The van der Waals surface area contributed by atoms with Crippen LogP contribution in [0, 0.1) is 0 Å². The van der Waals surface area contributed by atoms with Gasteiger partial charge in [0.1, 0.15) is 5.65 Å². The van der Waals surface area contributed by atoms with Gasteiger partial charge in [-0.25, -0.2) is 4.98 Å². The van der Waals surface area contributed by atoms with Crippen molar-refractivity contribution in [1.29, 1.82) is 0 Å². The zero-order valence-corrected chi connectivity index (χ0v) is 13.5. The van der Waals surface area contributed by atoms with Gasteiger partial charge in [0.05, 0.1) is 5.69 Å². The maximum absolute atomic E-state index is 4.73. The van der Waals surface area contributed by atoms with Gasteiger partial charge in [0.15, 0.2) is 5.82 Å². The zero-order chi connectivity index (χ0) is 14.7. The second-order valence-corrected chi connectivity index (χ2v) is 5.50. The van der Waals surface area contributed by atoms with E-state index in [-0.39, 0.29) is 0 Å².